The minimum absolute atomic E-state index is 0.00463. The van der Waals surface area contributed by atoms with E-state index in [4.69, 9.17) is 4.98 Å². The van der Waals surface area contributed by atoms with Crippen molar-refractivity contribution >= 4 is 17.2 Å². The molecule has 4 heterocycles. The maximum absolute atomic E-state index is 12.6. The molecular weight excluding hydrogens is 426 g/mol. The SMILES string of the molecule is Cc1ccc(CNC(=O)N2CCN(CCn3c(-c4ccncc4)nc4cccnc43)CC2)cc1. The molecule has 8 nitrogen and oxygen atoms in total. The molecule has 0 saturated carbocycles. The van der Waals surface area contributed by atoms with Crippen molar-refractivity contribution in [3.63, 3.8) is 0 Å². The van der Waals surface area contributed by atoms with Crippen molar-refractivity contribution in [1.82, 2.24) is 34.6 Å². The average Bonchev–Trinajstić information content (AvgIpc) is 3.26. The van der Waals surface area contributed by atoms with Gasteiger partial charge >= 0.3 is 6.03 Å². The molecule has 1 aromatic carbocycles. The highest BCUT2D eigenvalue weighted by Gasteiger charge is 2.21. The Bertz CT molecular complexity index is 1250. The number of carbonyl (C=O) groups is 1. The molecule has 1 N–H and O–H groups in total. The Kier molecular flexibility index (Phi) is 6.49. The molecule has 0 radical (unpaired) electrons. The number of aromatic nitrogens is 4. The van der Waals surface area contributed by atoms with Gasteiger partial charge in [-0.2, -0.15) is 0 Å². The zero-order chi connectivity index (χ0) is 23.3. The van der Waals surface area contributed by atoms with Gasteiger partial charge < -0.3 is 14.8 Å². The Morgan fingerprint density at radius 1 is 0.941 bits per heavy atom. The molecule has 0 bridgehead atoms. The Morgan fingerprint density at radius 2 is 1.71 bits per heavy atom. The van der Waals surface area contributed by atoms with Gasteiger partial charge in [-0.25, -0.2) is 14.8 Å². The zero-order valence-corrected chi connectivity index (χ0v) is 19.4. The van der Waals surface area contributed by atoms with Crippen LogP contribution in [-0.4, -0.2) is 68.1 Å². The number of aryl methyl sites for hydroxylation is 1. The maximum atomic E-state index is 12.6. The molecule has 1 aliphatic rings. The van der Waals surface area contributed by atoms with E-state index in [1.54, 1.807) is 12.4 Å². The summed E-state index contributed by atoms with van der Waals surface area (Å²) in [6.45, 7) is 7.42. The summed E-state index contributed by atoms with van der Waals surface area (Å²) < 4.78 is 2.19. The van der Waals surface area contributed by atoms with Gasteiger partial charge in [0.15, 0.2) is 5.65 Å². The number of rotatable bonds is 6. The number of benzene rings is 1. The smallest absolute Gasteiger partial charge is 0.317 e. The Morgan fingerprint density at radius 3 is 2.47 bits per heavy atom. The number of nitrogens with one attached hydrogen (secondary N) is 1. The number of pyridine rings is 2. The number of hydrogen-bond acceptors (Lipinski definition) is 5. The number of urea groups is 1. The normalized spacial score (nSPS) is 14.4. The summed E-state index contributed by atoms with van der Waals surface area (Å²) in [6, 6.07) is 16.1. The molecule has 0 aliphatic carbocycles. The molecule has 2 amide bonds. The van der Waals surface area contributed by atoms with E-state index in [2.05, 4.69) is 55.9 Å². The zero-order valence-electron chi connectivity index (χ0n) is 19.4. The molecule has 34 heavy (non-hydrogen) atoms. The molecule has 3 aromatic heterocycles. The van der Waals surface area contributed by atoms with Crippen LogP contribution in [0.4, 0.5) is 4.79 Å². The van der Waals surface area contributed by atoms with Gasteiger partial charge in [0, 0.05) is 70.0 Å². The molecule has 1 fully saturated rings. The van der Waals surface area contributed by atoms with Crippen LogP contribution in [0.15, 0.2) is 67.1 Å². The number of carbonyl (C=O) groups excluding carboxylic acids is 1. The van der Waals surface area contributed by atoms with E-state index in [0.717, 1.165) is 67.4 Å². The molecular formula is C26H29N7O. The highest BCUT2D eigenvalue weighted by atomic mass is 16.2. The first-order chi connectivity index (χ1) is 16.7. The highest BCUT2D eigenvalue weighted by molar-refractivity contribution is 5.77. The van der Waals surface area contributed by atoms with Gasteiger partial charge in [-0.05, 0) is 36.8 Å². The standard InChI is InChI=1S/C26H29N7O/c1-20-4-6-21(7-5-20)19-29-26(34)32-16-13-31(14-17-32)15-18-33-24(22-8-11-27-12-9-22)30-23-3-2-10-28-25(23)33/h2-12H,13-19H2,1H3,(H,29,34). The van der Waals surface area contributed by atoms with Gasteiger partial charge in [0.25, 0.3) is 0 Å². The molecule has 0 unspecified atom stereocenters. The van der Waals surface area contributed by atoms with E-state index >= 15 is 0 Å². The van der Waals surface area contributed by atoms with Crippen molar-refractivity contribution in [3.8, 4) is 11.4 Å². The summed E-state index contributed by atoms with van der Waals surface area (Å²) in [7, 11) is 0. The predicted octanol–water partition coefficient (Wildman–Crippen LogP) is 3.33. The van der Waals surface area contributed by atoms with Crippen LogP contribution in [0.5, 0.6) is 0 Å². The van der Waals surface area contributed by atoms with Gasteiger partial charge in [-0.15, -0.1) is 0 Å². The van der Waals surface area contributed by atoms with E-state index in [0.29, 0.717) is 6.54 Å². The van der Waals surface area contributed by atoms with E-state index < -0.39 is 0 Å². The Balaban J connectivity index is 1.17. The summed E-state index contributed by atoms with van der Waals surface area (Å²) in [5.41, 5.74) is 5.15. The fourth-order valence-corrected chi connectivity index (χ4v) is 4.30. The second-order valence-electron chi connectivity index (χ2n) is 8.64. The first-order valence-corrected chi connectivity index (χ1v) is 11.7. The van der Waals surface area contributed by atoms with Crippen molar-refractivity contribution < 1.29 is 4.79 Å². The van der Waals surface area contributed by atoms with E-state index in [-0.39, 0.29) is 6.03 Å². The van der Waals surface area contributed by atoms with Crippen molar-refractivity contribution in [1.29, 1.82) is 0 Å². The van der Waals surface area contributed by atoms with Crippen LogP contribution in [0.1, 0.15) is 11.1 Å². The minimum atomic E-state index is 0.00463. The predicted molar refractivity (Wildman–Crippen MR) is 132 cm³/mol. The Hall–Kier alpha value is -3.78. The monoisotopic (exact) mass is 455 g/mol. The van der Waals surface area contributed by atoms with Crippen LogP contribution < -0.4 is 5.32 Å². The third-order valence-electron chi connectivity index (χ3n) is 6.31. The summed E-state index contributed by atoms with van der Waals surface area (Å²) >= 11 is 0. The molecule has 1 aliphatic heterocycles. The number of hydrogen-bond donors (Lipinski definition) is 1. The van der Waals surface area contributed by atoms with Gasteiger partial charge in [0.05, 0.1) is 0 Å². The number of imidazole rings is 1. The second kappa shape index (κ2) is 10.0. The molecule has 1 saturated heterocycles. The van der Waals surface area contributed by atoms with E-state index in [1.807, 2.05) is 35.4 Å². The van der Waals surface area contributed by atoms with Crippen LogP contribution in [0.2, 0.25) is 0 Å². The van der Waals surface area contributed by atoms with Gasteiger partial charge in [-0.3, -0.25) is 9.88 Å². The fraction of sp³-hybridized carbons (Fsp3) is 0.308. The summed E-state index contributed by atoms with van der Waals surface area (Å²) in [5.74, 6) is 0.908. The van der Waals surface area contributed by atoms with Gasteiger partial charge in [0.2, 0.25) is 0 Å². The molecule has 0 atom stereocenters. The van der Waals surface area contributed by atoms with Crippen LogP contribution in [0.3, 0.4) is 0 Å². The molecule has 0 spiro atoms. The molecule has 174 valence electrons. The molecule has 8 heteroatoms. The van der Waals surface area contributed by atoms with Crippen LogP contribution in [0, 0.1) is 6.92 Å². The largest absolute Gasteiger partial charge is 0.334 e. The van der Waals surface area contributed by atoms with E-state index in [1.165, 1.54) is 5.56 Å². The minimum Gasteiger partial charge on any atom is -0.334 e. The lowest BCUT2D eigenvalue weighted by Crippen LogP contribution is -2.52. The number of amides is 2. The quantitative estimate of drug-likeness (QED) is 0.483. The van der Waals surface area contributed by atoms with Crippen molar-refractivity contribution in [2.75, 3.05) is 32.7 Å². The van der Waals surface area contributed by atoms with Crippen molar-refractivity contribution in [3.05, 3.63) is 78.2 Å². The second-order valence-corrected chi connectivity index (χ2v) is 8.64. The molecule has 4 aromatic rings. The van der Waals surface area contributed by atoms with E-state index in [9.17, 15) is 4.79 Å². The number of nitrogens with zero attached hydrogens (tertiary/aromatic N) is 6. The lowest BCUT2D eigenvalue weighted by atomic mass is 10.1. The van der Waals surface area contributed by atoms with Crippen molar-refractivity contribution in [2.45, 2.75) is 20.0 Å². The third kappa shape index (κ3) is 4.92. The summed E-state index contributed by atoms with van der Waals surface area (Å²) in [5, 5.41) is 3.05. The fourth-order valence-electron chi connectivity index (χ4n) is 4.30. The number of piperazine rings is 1. The summed E-state index contributed by atoms with van der Waals surface area (Å²) in [4.78, 5) is 30.4. The van der Waals surface area contributed by atoms with Gasteiger partial charge in [-0.1, -0.05) is 29.8 Å². The average molecular weight is 456 g/mol. The first kappa shape index (κ1) is 22.0. The third-order valence-corrected chi connectivity index (χ3v) is 6.31. The Labute approximate surface area is 199 Å². The van der Waals surface area contributed by atoms with Crippen LogP contribution in [0.25, 0.3) is 22.6 Å². The lowest BCUT2D eigenvalue weighted by molar-refractivity contribution is 0.137. The first-order valence-electron chi connectivity index (χ1n) is 11.7. The molecule has 5 rings (SSSR count). The van der Waals surface area contributed by atoms with Crippen LogP contribution >= 0.6 is 0 Å². The highest BCUT2D eigenvalue weighted by Crippen LogP contribution is 2.23. The van der Waals surface area contributed by atoms with Crippen molar-refractivity contribution in [2.24, 2.45) is 0 Å². The maximum Gasteiger partial charge on any atom is 0.317 e. The van der Waals surface area contributed by atoms with Gasteiger partial charge in [0.1, 0.15) is 11.3 Å². The topological polar surface area (TPSA) is 79.2 Å². The summed E-state index contributed by atoms with van der Waals surface area (Å²) in [6.07, 6.45) is 5.38. The van der Waals surface area contributed by atoms with Crippen LogP contribution in [-0.2, 0) is 13.1 Å². The lowest BCUT2D eigenvalue weighted by Gasteiger charge is -2.34. The number of fused-ring (bicyclic) bond motifs is 1.